The Hall–Kier alpha value is -2.45. The van der Waals surface area contributed by atoms with Crippen molar-refractivity contribution in [2.45, 2.75) is 5.03 Å². The third-order valence-electron chi connectivity index (χ3n) is 2.87. The van der Waals surface area contributed by atoms with Gasteiger partial charge in [-0.15, -0.1) is 0 Å². The van der Waals surface area contributed by atoms with Crippen molar-refractivity contribution in [1.29, 1.82) is 10.5 Å². The molecular formula is C15H10Cl2N5OS+. The molecule has 0 unspecified atom stereocenters. The van der Waals surface area contributed by atoms with Gasteiger partial charge < -0.3 is 5.32 Å². The van der Waals surface area contributed by atoms with Gasteiger partial charge in [0.05, 0.1) is 16.5 Å². The first kappa shape index (κ1) is 17.9. The first-order valence-corrected chi connectivity index (χ1v) is 8.22. The normalized spacial score (nSPS) is 9.83. The average molecular weight is 379 g/mol. The summed E-state index contributed by atoms with van der Waals surface area (Å²) >= 11 is 12.9. The molecule has 24 heavy (non-hydrogen) atoms. The van der Waals surface area contributed by atoms with E-state index in [1.807, 2.05) is 12.1 Å². The Morgan fingerprint density at radius 3 is 2.58 bits per heavy atom. The van der Waals surface area contributed by atoms with E-state index in [1.54, 1.807) is 12.1 Å². The zero-order chi connectivity index (χ0) is 17.7. The maximum Gasteiger partial charge on any atom is 0.289 e. The summed E-state index contributed by atoms with van der Waals surface area (Å²) in [5, 5.41) is 21.9. The molecule has 0 spiro atoms. The molecule has 1 aromatic carbocycles. The molecule has 120 valence electrons. The number of H-pyrrole nitrogens is 1. The largest absolute Gasteiger partial charge is 0.324 e. The number of nitrogens with one attached hydrogen (secondary N) is 2. The van der Waals surface area contributed by atoms with Crippen LogP contribution in [0.25, 0.3) is 0 Å². The van der Waals surface area contributed by atoms with Gasteiger partial charge in [-0.1, -0.05) is 35.0 Å². The number of amides is 1. The van der Waals surface area contributed by atoms with Crippen molar-refractivity contribution in [2.24, 2.45) is 0 Å². The van der Waals surface area contributed by atoms with Crippen LogP contribution in [-0.4, -0.2) is 11.7 Å². The van der Waals surface area contributed by atoms with E-state index in [2.05, 4.69) is 10.3 Å². The summed E-state index contributed by atoms with van der Waals surface area (Å²) in [6.07, 6.45) is 0. The van der Waals surface area contributed by atoms with E-state index < -0.39 is 0 Å². The number of carbonyl (C=O) groups excluding carboxylic acids is 1. The quantitative estimate of drug-likeness (QED) is 0.793. The molecule has 0 saturated carbocycles. The summed E-state index contributed by atoms with van der Waals surface area (Å²) < 4.78 is 0. The molecule has 1 heterocycles. The predicted octanol–water partition coefficient (Wildman–Crippen LogP) is 2.86. The number of nitrogens with two attached hydrogens (primary N) is 1. The Morgan fingerprint density at radius 2 is 1.96 bits per heavy atom. The number of pyridine rings is 1. The van der Waals surface area contributed by atoms with Crippen LogP contribution in [0.2, 0.25) is 10.0 Å². The fourth-order valence-electron chi connectivity index (χ4n) is 1.75. The fraction of sp³-hybridized carbons (Fsp3) is 0.0667. The van der Waals surface area contributed by atoms with Crippen molar-refractivity contribution in [3.05, 3.63) is 45.4 Å². The molecule has 9 heteroatoms. The van der Waals surface area contributed by atoms with Crippen molar-refractivity contribution in [2.75, 3.05) is 16.8 Å². The lowest BCUT2D eigenvalue weighted by Gasteiger charge is -2.07. The number of aromatic nitrogens is 1. The summed E-state index contributed by atoms with van der Waals surface area (Å²) in [4.78, 5) is 14.8. The number of carbonyl (C=O) groups is 1. The summed E-state index contributed by atoms with van der Waals surface area (Å²) in [5.74, 6) is -0.153. The number of hydrogen-bond acceptors (Lipinski definition) is 5. The van der Waals surface area contributed by atoms with Crippen LogP contribution in [-0.2, 0) is 4.79 Å². The predicted molar refractivity (Wildman–Crippen MR) is 92.7 cm³/mol. The molecule has 1 aromatic heterocycles. The Morgan fingerprint density at radius 1 is 1.25 bits per heavy atom. The number of thioether (sulfide) groups is 1. The molecule has 0 atom stereocenters. The Labute approximate surface area is 152 Å². The number of rotatable bonds is 4. The number of benzene rings is 1. The number of anilines is 2. The molecule has 4 N–H and O–H groups in total. The standard InChI is InChI=1S/C15H9Cl2N5OS/c16-10-1-2-12(11(17)4-10)21-13(23)7-24-15-9(6-19)3-8(5-18)14(20)22-15/h1-4H,7H2,(H2,20,22)(H,21,23)/p+1. The van der Waals surface area contributed by atoms with Crippen molar-refractivity contribution in [3.63, 3.8) is 0 Å². The second-order valence-electron chi connectivity index (χ2n) is 4.52. The summed E-state index contributed by atoms with van der Waals surface area (Å²) in [6, 6.07) is 9.95. The highest BCUT2D eigenvalue weighted by Crippen LogP contribution is 2.26. The van der Waals surface area contributed by atoms with Gasteiger partial charge in [0.25, 0.3) is 5.82 Å². The fourth-order valence-corrected chi connectivity index (χ4v) is 2.99. The van der Waals surface area contributed by atoms with Gasteiger partial charge in [0.2, 0.25) is 5.91 Å². The van der Waals surface area contributed by atoms with Gasteiger partial charge in [-0.2, -0.15) is 10.5 Å². The minimum absolute atomic E-state index is 0.0233. The second-order valence-corrected chi connectivity index (χ2v) is 6.35. The molecule has 6 nitrogen and oxygen atoms in total. The average Bonchev–Trinajstić information content (AvgIpc) is 2.55. The van der Waals surface area contributed by atoms with Crippen molar-refractivity contribution < 1.29 is 9.78 Å². The Bertz CT molecular complexity index is 889. The third kappa shape index (κ3) is 4.30. The van der Waals surface area contributed by atoms with E-state index in [4.69, 9.17) is 39.5 Å². The molecule has 0 saturated heterocycles. The topological polar surface area (TPSA) is 117 Å². The first-order chi connectivity index (χ1) is 11.4. The van der Waals surface area contributed by atoms with Gasteiger partial charge in [0.1, 0.15) is 23.3 Å². The maximum atomic E-state index is 12.0. The molecule has 2 aromatic rings. The summed E-state index contributed by atoms with van der Waals surface area (Å²) in [6.45, 7) is 0. The maximum absolute atomic E-state index is 12.0. The van der Waals surface area contributed by atoms with Crippen LogP contribution in [0, 0.1) is 22.7 Å². The summed E-state index contributed by atoms with van der Waals surface area (Å²) in [5.41, 5.74) is 6.54. The number of aromatic amines is 1. The number of nitrogen functional groups attached to an aromatic ring is 1. The zero-order valence-electron chi connectivity index (χ0n) is 12.1. The minimum atomic E-state index is -0.315. The van der Waals surface area contributed by atoms with E-state index in [9.17, 15) is 4.79 Å². The number of nitriles is 2. The smallest absolute Gasteiger partial charge is 0.289 e. The van der Waals surface area contributed by atoms with Gasteiger partial charge in [0.15, 0.2) is 5.03 Å². The number of halogens is 2. The van der Waals surface area contributed by atoms with E-state index in [1.165, 1.54) is 12.1 Å². The van der Waals surface area contributed by atoms with E-state index >= 15 is 0 Å². The van der Waals surface area contributed by atoms with Crippen LogP contribution in [0.3, 0.4) is 0 Å². The van der Waals surface area contributed by atoms with Crippen molar-refractivity contribution >= 4 is 52.4 Å². The SMILES string of the molecule is N#Cc1cc(C#N)c(SCC(=O)Nc2ccc(Cl)cc2Cl)[nH+]c1N. The molecule has 0 aliphatic carbocycles. The number of hydrogen-bond donors (Lipinski definition) is 2. The van der Waals surface area contributed by atoms with Crippen LogP contribution in [0.15, 0.2) is 29.3 Å². The third-order valence-corrected chi connectivity index (χ3v) is 4.43. The van der Waals surface area contributed by atoms with Crippen LogP contribution in [0.1, 0.15) is 11.1 Å². The van der Waals surface area contributed by atoms with Gasteiger partial charge >= 0.3 is 0 Å². The van der Waals surface area contributed by atoms with Gasteiger partial charge in [-0.3, -0.25) is 10.5 Å². The molecule has 0 aliphatic heterocycles. The van der Waals surface area contributed by atoms with Crippen LogP contribution in [0.5, 0.6) is 0 Å². The second kappa shape index (κ2) is 7.89. The molecule has 0 radical (unpaired) electrons. The lowest BCUT2D eigenvalue weighted by Crippen LogP contribution is -2.19. The lowest BCUT2D eigenvalue weighted by molar-refractivity contribution is -0.410. The molecule has 0 aliphatic rings. The summed E-state index contributed by atoms with van der Waals surface area (Å²) in [7, 11) is 0. The van der Waals surface area contributed by atoms with E-state index in [0.717, 1.165) is 11.8 Å². The molecule has 0 fully saturated rings. The van der Waals surface area contributed by atoms with Gasteiger partial charge in [0, 0.05) is 5.02 Å². The van der Waals surface area contributed by atoms with Crippen molar-refractivity contribution in [1.82, 2.24) is 0 Å². The highest BCUT2D eigenvalue weighted by Gasteiger charge is 2.16. The zero-order valence-corrected chi connectivity index (χ0v) is 14.4. The Kier molecular flexibility index (Phi) is 5.88. The van der Waals surface area contributed by atoms with Crippen LogP contribution < -0.4 is 16.0 Å². The van der Waals surface area contributed by atoms with E-state index in [-0.39, 0.29) is 28.6 Å². The lowest BCUT2D eigenvalue weighted by atomic mass is 10.2. The van der Waals surface area contributed by atoms with Crippen LogP contribution >= 0.6 is 35.0 Å². The molecule has 1 amide bonds. The van der Waals surface area contributed by atoms with Crippen molar-refractivity contribution in [3.8, 4) is 12.1 Å². The minimum Gasteiger partial charge on any atom is -0.324 e. The number of nitrogens with zero attached hydrogens (tertiary/aromatic N) is 2. The van der Waals surface area contributed by atoms with Crippen LogP contribution in [0.4, 0.5) is 11.5 Å². The Balaban J connectivity index is 2.08. The van der Waals surface area contributed by atoms with Gasteiger partial charge in [-0.05, 0) is 24.3 Å². The molecule has 2 rings (SSSR count). The monoisotopic (exact) mass is 378 g/mol. The highest BCUT2D eigenvalue weighted by atomic mass is 35.5. The van der Waals surface area contributed by atoms with E-state index in [0.29, 0.717) is 20.8 Å². The van der Waals surface area contributed by atoms with Gasteiger partial charge in [-0.25, -0.2) is 4.98 Å². The molecular weight excluding hydrogens is 369 g/mol. The first-order valence-electron chi connectivity index (χ1n) is 6.48. The highest BCUT2D eigenvalue weighted by molar-refractivity contribution is 7.99. The molecule has 0 bridgehead atoms.